The van der Waals surface area contributed by atoms with E-state index in [0.29, 0.717) is 123 Å². The SMILES string of the molecule is CC(C)S(=O)(=O)c1ccc(C(=O)N2CCC3(CC2)Oc2ccccc2-n2c(C(F)F)ccc23)cc1.CCc1ccc(C(=O)N2CCC3(CC2)Oc2ccccc2-c2sc(C)nc23)cc1OC.COc1cccc(C)c1C(=O)N1CCC2(CC1)Oc1ccccc1-c1c2cnn1C.Cn1ncc2c1-c1ccc(F)cc1OC21CCN(C(=O)c2ccccc2OC(F)F)CC1. The summed E-state index contributed by atoms with van der Waals surface area (Å²) in [6.45, 7) is 10.2. The first-order valence-electron chi connectivity index (χ1n) is 42.8. The molecule has 8 aliphatic heterocycles. The Labute approximate surface area is 742 Å². The second kappa shape index (κ2) is 35.1. The molecule has 8 aliphatic rings. The Morgan fingerprint density at radius 3 is 1.61 bits per heavy atom. The van der Waals surface area contributed by atoms with Gasteiger partial charge in [-0.3, -0.25) is 28.5 Å². The van der Waals surface area contributed by atoms with Gasteiger partial charge < -0.3 is 57.3 Å². The van der Waals surface area contributed by atoms with Gasteiger partial charge in [-0.1, -0.05) is 73.7 Å². The fourth-order valence-corrected chi connectivity index (χ4v) is 21.1. The van der Waals surface area contributed by atoms with Gasteiger partial charge in [0.05, 0.1) is 86.2 Å². The molecule has 128 heavy (non-hydrogen) atoms. The molecule has 12 aromatic rings. The van der Waals surface area contributed by atoms with E-state index in [9.17, 15) is 49.5 Å². The fraction of sp³-hybridized carbons (Fsp3) is 0.337. The van der Waals surface area contributed by atoms with Crippen LogP contribution in [0.2, 0.25) is 0 Å². The van der Waals surface area contributed by atoms with Crippen LogP contribution in [0.1, 0.15) is 164 Å². The van der Waals surface area contributed by atoms with E-state index in [4.69, 9.17) is 33.4 Å². The number of sulfone groups is 1. The summed E-state index contributed by atoms with van der Waals surface area (Å²) in [5, 5.41) is 9.41. The normalized spacial score (nSPS) is 16.6. The van der Waals surface area contributed by atoms with Crippen molar-refractivity contribution in [3.05, 3.63) is 273 Å². The number of carbonyl (C=O) groups is 4. The summed E-state index contributed by atoms with van der Waals surface area (Å²) < 4.78 is 138. The largest absolute Gasteiger partial charge is 0.496 e. The average Bonchev–Trinajstić information content (AvgIpc) is 1.51. The Kier molecular flexibility index (Phi) is 23.9. The number of hydrogen-bond donors (Lipinski definition) is 0. The third-order valence-corrected chi connectivity index (χ3v) is 29.0. The molecule has 0 saturated carbocycles. The second-order valence-electron chi connectivity index (χ2n) is 33.4. The first-order chi connectivity index (χ1) is 61.6. The maximum atomic E-state index is 13.9. The molecule has 0 radical (unpaired) electrons. The minimum absolute atomic E-state index is 0.0161. The molecule has 4 aromatic heterocycles. The second-order valence-corrected chi connectivity index (χ2v) is 37.1. The molecule has 23 nitrogen and oxygen atoms in total. The first-order valence-corrected chi connectivity index (χ1v) is 45.2. The molecule has 8 aromatic carbocycles. The number of methoxy groups -OCH3 is 2. The van der Waals surface area contributed by atoms with Crippen LogP contribution in [0.3, 0.4) is 0 Å². The van der Waals surface area contributed by atoms with Crippen molar-refractivity contribution in [3.63, 3.8) is 0 Å². The van der Waals surface area contributed by atoms with Gasteiger partial charge in [-0.2, -0.15) is 19.0 Å². The number of fused-ring (bicyclic) bond motifs is 16. The molecule has 0 unspecified atom stereocenters. The van der Waals surface area contributed by atoms with Crippen molar-refractivity contribution in [1.82, 2.24) is 48.7 Å². The number of likely N-dealkylation sites (tertiary alicyclic amines) is 4. The predicted octanol–water partition coefficient (Wildman–Crippen LogP) is 18.6. The summed E-state index contributed by atoms with van der Waals surface area (Å²) in [5.41, 5.74) is 10.5. The zero-order valence-corrected chi connectivity index (χ0v) is 73.9. The molecule has 0 N–H and O–H groups in total. The van der Waals surface area contributed by atoms with Crippen LogP contribution in [0.5, 0.6) is 40.2 Å². The standard InChI is InChI=1S/C26H26F2N2O4S.C25H26N2O3S.C24H25N3O3.C23H20F3N3O3/c1-17(2)35(32,33)19-9-7-18(8-10-19)25(31)29-15-13-26(14-16-29)23-12-11-21(24(27)28)30(23)20-5-3-4-6-22(20)34-26;1-4-17-9-10-18(15-21(17)29-3)24(28)27-13-11-25(12-14-27)23-22(31-16(2)26-23)19-7-5-6-8-20(19)30-25;1-16-7-6-10-20(29-3)21(16)23(28)27-13-11-24(12-14-27)18-15-25-26(2)22(18)17-8-4-5-9-19(17)30-24;1-28-20-15-7-6-14(24)12-19(15)32-23(17(20)13-27-28)8-10-29(11-9-23)21(30)16-4-2-3-5-18(16)31-22(25)26/h3-12,17,24H,13-16H2,1-2H3;5-10,15H,4,11-14H2,1-3H3;4-10,15H,11-14H2,1-3H3;2-7,12-13,22H,8-11H2,1H3. The summed E-state index contributed by atoms with van der Waals surface area (Å²) >= 11 is 1.73. The van der Waals surface area contributed by atoms with E-state index in [0.717, 1.165) is 110 Å². The highest BCUT2D eigenvalue weighted by molar-refractivity contribution is 7.92. The zero-order chi connectivity index (χ0) is 89.9. The maximum absolute atomic E-state index is 13.9. The van der Waals surface area contributed by atoms with Crippen molar-refractivity contribution in [3.8, 4) is 78.9 Å². The maximum Gasteiger partial charge on any atom is 0.387 e. The monoisotopic (exact) mass is 1780 g/mol. The Morgan fingerprint density at radius 2 is 1.01 bits per heavy atom. The molecule has 20 rings (SSSR count). The predicted molar refractivity (Wildman–Crippen MR) is 472 cm³/mol. The minimum atomic E-state index is -3.42. The summed E-state index contributed by atoms with van der Waals surface area (Å²) in [5.74, 6) is 3.11. The number of thiazole rings is 1. The Morgan fingerprint density at radius 1 is 0.508 bits per heavy atom. The Hall–Kier alpha value is -12.8. The Bertz CT molecular complexity index is 6350. The van der Waals surface area contributed by atoms with Gasteiger partial charge in [0.15, 0.2) is 21.0 Å². The van der Waals surface area contributed by atoms with Gasteiger partial charge in [-0.25, -0.2) is 26.6 Å². The van der Waals surface area contributed by atoms with Crippen LogP contribution in [0.15, 0.2) is 205 Å². The first kappa shape index (κ1) is 87.3. The molecule has 4 spiro atoms. The van der Waals surface area contributed by atoms with Crippen LogP contribution in [0.4, 0.5) is 22.0 Å². The highest BCUT2D eigenvalue weighted by atomic mass is 32.2. The summed E-state index contributed by atoms with van der Waals surface area (Å²) in [6.07, 6.45) is 6.61. The smallest absolute Gasteiger partial charge is 0.387 e. The molecule has 4 amide bonds. The third kappa shape index (κ3) is 16.0. The lowest BCUT2D eigenvalue weighted by Crippen LogP contribution is -2.50. The van der Waals surface area contributed by atoms with E-state index < -0.39 is 56.3 Å². The van der Waals surface area contributed by atoms with Gasteiger partial charge in [0.25, 0.3) is 30.1 Å². The molecule has 664 valence electrons. The number of para-hydroxylation sites is 5. The molecule has 12 heterocycles. The van der Waals surface area contributed by atoms with E-state index in [1.807, 2.05) is 127 Å². The number of aryl methyl sites for hydroxylation is 5. The third-order valence-electron chi connectivity index (χ3n) is 25.8. The Balaban J connectivity index is 0.000000120. The van der Waals surface area contributed by atoms with E-state index in [2.05, 4.69) is 34.0 Å². The quantitative estimate of drug-likeness (QED) is 0.103. The van der Waals surface area contributed by atoms with Gasteiger partial charge in [0.1, 0.15) is 63.0 Å². The van der Waals surface area contributed by atoms with E-state index in [1.54, 1.807) is 101 Å². The number of aromatic nitrogens is 6. The van der Waals surface area contributed by atoms with Crippen LogP contribution in [0.25, 0.3) is 38.6 Å². The number of alkyl halides is 4. The van der Waals surface area contributed by atoms with Crippen molar-refractivity contribution in [2.75, 3.05) is 66.6 Å². The molecule has 0 aliphatic carbocycles. The number of nitrogens with zero attached hydrogens (tertiary/aromatic N) is 10. The topological polar surface area (TPSA) is 233 Å². The number of hydrogen-bond acceptors (Lipinski definition) is 17. The van der Waals surface area contributed by atoms with Crippen LogP contribution in [-0.4, -0.2) is 159 Å². The summed E-state index contributed by atoms with van der Waals surface area (Å²) in [6, 6.07) is 54.4. The molecular formula is C98H97F5N10O13S2. The van der Waals surface area contributed by atoms with Crippen molar-refractivity contribution in [1.29, 1.82) is 0 Å². The van der Waals surface area contributed by atoms with Crippen LogP contribution >= 0.6 is 11.3 Å². The molecule has 0 atom stereocenters. The van der Waals surface area contributed by atoms with E-state index in [1.165, 1.54) is 65.5 Å². The molecule has 4 saturated heterocycles. The number of piperidine rings is 4. The van der Waals surface area contributed by atoms with Gasteiger partial charge in [0, 0.05) is 163 Å². The number of ether oxygens (including phenoxy) is 7. The van der Waals surface area contributed by atoms with Crippen molar-refractivity contribution < 1.29 is 82.7 Å². The molecule has 0 bridgehead atoms. The van der Waals surface area contributed by atoms with Crippen molar-refractivity contribution in [2.45, 2.75) is 138 Å². The number of amides is 4. The van der Waals surface area contributed by atoms with Crippen molar-refractivity contribution >= 4 is 44.8 Å². The van der Waals surface area contributed by atoms with Crippen molar-refractivity contribution in [2.24, 2.45) is 14.1 Å². The highest BCUT2D eigenvalue weighted by Crippen LogP contribution is 2.55. The molecular weight excluding hydrogens is 1680 g/mol. The number of halogens is 5. The van der Waals surface area contributed by atoms with Gasteiger partial charge >= 0.3 is 6.61 Å². The number of rotatable bonds is 12. The van der Waals surface area contributed by atoms with Crippen LogP contribution < -0.4 is 33.2 Å². The lowest BCUT2D eigenvalue weighted by atomic mass is 9.81. The zero-order valence-electron chi connectivity index (χ0n) is 72.3. The molecule has 30 heteroatoms. The van der Waals surface area contributed by atoms with Gasteiger partial charge in [0.2, 0.25) is 0 Å². The lowest BCUT2D eigenvalue weighted by Gasteiger charge is -2.45. The summed E-state index contributed by atoms with van der Waals surface area (Å²) in [4.78, 5) is 66.1. The van der Waals surface area contributed by atoms with E-state index in [-0.39, 0.29) is 45.5 Å². The lowest BCUT2D eigenvalue weighted by molar-refractivity contribution is -0.0504. The van der Waals surface area contributed by atoms with Gasteiger partial charge in [-0.05, 0) is 161 Å². The fourth-order valence-electron chi connectivity index (χ4n) is 19.0. The van der Waals surface area contributed by atoms with Crippen LogP contribution in [-0.2, 0) is 52.8 Å². The minimum Gasteiger partial charge on any atom is -0.496 e. The molecule has 4 fully saturated rings. The average molecular weight is 1780 g/mol. The number of carbonyl (C=O) groups excluding carboxylic acids is 4. The highest BCUT2D eigenvalue weighted by Gasteiger charge is 2.52. The number of benzene rings is 8. The van der Waals surface area contributed by atoms with Gasteiger partial charge in [-0.15, -0.1) is 11.3 Å². The van der Waals surface area contributed by atoms with E-state index >= 15 is 0 Å². The summed E-state index contributed by atoms with van der Waals surface area (Å²) in [7, 11) is 3.63. The van der Waals surface area contributed by atoms with Crippen LogP contribution in [0, 0.1) is 19.7 Å².